The van der Waals surface area contributed by atoms with Crippen LogP contribution in [0.25, 0.3) is 0 Å². The van der Waals surface area contributed by atoms with Crippen LogP contribution in [0, 0.1) is 5.92 Å². The van der Waals surface area contributed by atoms with Crippen molar-refractivity contribution in [2.45, 2.75) is 26.2 Å². The molecule has 88 valence electrons. The van der Waals surface area contributed by atoms with Gasteiger partial charge < -0.3 is 15.8 Å². The third kappa shape index (κ3) is 3.25. The molecule has 16 heavy (non-hydrogen) atoms. The molecule has 1 aliphatic rings. The zero-order valence-electron chi connectivity index (χ0n) is 9.57. The fraction of sp³-hybridized carbons (Fsp3) is 0.636. The molecule has 0 amide bonds. The first-order chi connectivity index (χ1) is 7.78. The van der Waals surface area contributed by atoms with Crippen molar-refractivity contribution in [2.24, 2.45) is 5.92 Å². The van der Waals surface area contributed by atoms with E-state index in [1.54, 1.807) is 6.07 Å². The van der Waals surface area contributed by atoms with Crippen molar-refractivity contribution < 1.29 is 4.74 Å². The van der Waals surface area contributed by atoms with Gasteiger partial charge in [0.15, 0.2) is 0 Å². The van der Waals surface area contributed by atoms with Crippen LogP contribution in [0.4, 0.5) is 11.8 Å². The molecule has 0 spiro atoms. The first kappa shape index (κ1) is 11.0. The summed E-state index contributed by atoms with van der Waals surface area (Å²) < 4.78 is 5.55. The summed E-state index contributed by atoms with van der Waals surface area (Å²) in [6, 6.07) is 1.78. The van der Waals surface area contributed by atoms with Crippen molar-refractivity contribution in [3.8, 4) is 5.88 Å². The van der Waals surface area contributed by atoms with Gasteiger partial charge in [0.25, 0.3) is 0 Å². The van der Waals surface area contributed by atoms with Gasteiger partial charge in [0, 0.05) is 12.6 Å². The third-order valence-electron chi connectivity index (χ3n) is 2.55. The highest BCUT2D eigenvalue weighted by Crippen LogP contribution is 2.32. The van der Waals surface area contributed by atoms with Gasteiger partial charge in [-0.2, -0.15) is 9.97 Å². The lowest BCUT2D eigenvalue weighted by Crippen LogP contribution is -2.06. The second kappa shape index (κ2) is 5.01. The molecule has 5 nitrogen and oxygen atoms in total. The molecular formula is C11H18N4O. The molecule has 1 aromatic rings. The SMILES string of the molecule is CCNc1cc(OCCC2CC2)nc(N)n1. The van der Waals surface area contributed by atoms with Crippen LogP contribution < -0.4 is 15.8 Å². The highest BCUT2D eigenvalue weighted by Gasteiger charge is 2.20. The fourth-order valence-electron chi connectivity index (χ4n) is 1.53. The van der Waals surface area contributed by atoms with E-state index in [1.807, 2.05) is 6.92 Å². The molecule has 2 rings (SSSR count). The van der Waals surface area contributed by atoms with Gasteiger partial charge in [-0.1, -0.05) is 12.8 Å². The molecular weight excluding hydrogens is 204 g/mol. The van der Waals surface area contributed by atoms with E-state index in [2.05, 4.69) is 15.3 Å². The van der Waals surface area contributed by atoms with Gasteiger partial charge >= 0.3 is 0 Å². The summed E-state index contributed by atoms with van der Waals surface area (Å²) in [5.74, 6) is 2.40. The lowest BCUT2D eigenvalue weighted by molar-refractivity contribution is 0.291. The Morgan fingerprint density at radius 1 is 1.50 bits per heavy atom. The minimum absolute atomic E-state index is 0.250. The number of aromatic nitrogens is 2. The number of ether oxygens (including phenoxy) is 1. The van der Waals surface area contributed by atoms with Crippen molar-refractivity contribution in [3.63, 3.8) is 0 Å². The molecule has 1 aromatic heterocycles. The molecule has 5 heteroatoms. The fourth-order valence-corrected chi connectivity index (χ4v) is 1.53. The molecule has 0 atom stereocenters. The van der Waals surface area contributed by atoms with Crippen LogP contribution in [0.3, 0.4) is 0 Å². The molecule has 0 saturated heterocycles. The number of nitrogens with two attached hydrogens (primary N) is 1. The Bertz CT molecular complexity index is 352. The maximum absolute atomic E-state index is 5.59. The van der Waals surface area contributed by atoms with E-state index < -0.39 is 0 Å². The second-order valence-electron chi connectivity index (χ2n) is 4.06. The standard InChI is InChI=1S/C11H18N4O/c1-2-13-9-7-10(15-11(12)14-9)16-6-5-8-3-4-8/h7-8H,2-6H2,1H3,(H3,12,13,14,15). The molecule has 1 fully saturated rings. The summed E-state index contributed by atoms with van der Waals surface area (Å²) in [4.78, 5) is 8.09. The van der Waals surface area contributed by atoms with Crippen LogP contribution in [-0.4, -0.2) is 23.1 Å². The van der Waals surface area contributed by atoms with Crippen molar-refractivity contribution in [1.82, 2.24) is 9.97 Å². The molecule has 3 N–H and O–H groups in total. The highest BCUT2D eigenvalue weighted by molar-refractivity contribution is 5.42. The topological polar surface area (TPSA) is 73.1 Å². The number of rotatable bonds is 6. The van der Waals surface area contributed by atoms with Gasteiger partial charge in [-0.3, -0.25) is 0 Å². The Morgan fingerprint density at radius 2 is 2.31 bits per heavy atom. The maximum atomic E-state index is 5.59. The van der Waals surface area contributed by atoms with Crippen molar-refractivity contribution in [3.05, 3.63) is 6.07 Å². The summed E-state index contributed by atoms with van der Waals surface area (Å²) in [6.45, 7) is 3.52. The van der Waals surface area contributed by atoms with E-state index in [1.165, 1.54) is 12.8 Å². The summed E-state index contributed by atoms with van der Waals surface area (Å²) in [5, 5.41) is 3.09. The number of nitrogens with one attached hydrogen (secondary N) is 1. The third-order valence-corrected chi connectivity index (χ3v) is 2.55. The molecule has 0 unspecified atom stereocenters. The average Bonchev–Trinajstić information content (AvgIpc) is 3.01. The van der Waals surface area contributed by atoms with Crippen LogP contribution in [-0.2, 0) is 0 Å². The Balaban J connectivity index is 1.90. The van der Waals surface area contributed by atoms with E-state index >= 15 is 0 Å². The smallest absolute Gasteiger partial charge is 0.225 e. The zero-order valence-corrected chi connectivity index (χ0v) is 9.57. The van der Waals surface area contributed by atoms with Crippen molar-refractivity contribution in [2.75, 3.05) is 24.2 Å². The Labute approximate surface area is 95.4 Å². The quantitative estimate of drug-likeness (QED) is 0.766. The molecule has 0 bridgehead atoms. The number of hydrogen-bond donors (Lipinski definition) is 2. The number of anilines is 2. The van der Waals surface area contributed by atoms with E-state index in [0.717, 1.165) is 24.7 Å². The van der Waals surface area contributed by atoms with Crippen LogP contribution in [0.15, 0.2) is 6.07 Å². The molecule has 0 aromatic carbocycles. The van der Waals surface area contributed by atoms with Gasteiger partial charge in [0.1, 0.15) is 5.82 Å². The van der Waals surface area contributed by atoms with Crippen LogP contribution >= 0.6 is 0 Å². The average molecular weight is 222 g/mol. The number of nitrogens with zero attached hydrogens (tertiary/aromatic N) is 2. The Hall–Kier alpha value is -1.52. The largest absolute Gasteiger partial charge is 0.477 e. The van der Waals surface area contributed by atoms with Gasteiger partial charge in [0.05, 0.1) is 6.61 Å². The highest BCUT2D eigenvalue weighted by atomic mass is 16.5. The van der Waals surface area contributed by atoms with E-state index in [0.29, 0.717) is 12.5 Å². The number of nitrogen functional groups attached to an aromatic ring is 1. The molecule has 1 heterocycles. The predicted molar refractivity (Wildman–Crippen MR) is 63.4 cm³/mol. The molecule has 1 saturated carbocycles. The lowest BCUT2D eigenvalue weighted by atomic mass is 10.3. The minimum atomic E-state index is 0.250. The normalized spacial score (nSPS) is 14.8. The predicted octanol–water partition coefficient (Wildman–Crippen LogP) is 1.67. The van der Waals surface area contributed by atoms with Crippen LogP contribution in [0.1, 0.15) is 26.2 Å². The van der Waals surface area contributed by atoms with Gasteiger partial charge in [-0.25, -0.2) is 0 Å². The van der Waals surface area contributed by atoms with E-state index in [4.69, 9.17) is 10.5 Å². The zero-order chi connectivity index (χ0) is 11.4. The van der Waals surface area contributed by atoms with E-state index in [9.17, 15) is 0 Å². The molecule has 0 radical (unpaired) electrons. The van der Waals surface area contributed by atoms with Gasteiger partial charge in [0.2, 0.25) is 11.8 Å². The van der Waals surface area contributed by atoms with Crippen LogP contribution in [0.5, 0.6) is 5.88 Å². The molecule has 0 aliphatic heterocycles. The maximum Gasteiger partial charge on any atom is 0.225 e. The summed E-state index contributed by atoms with van der Waals surface area (Å²) >= 11 is 0. The summed E-state index contributed by atoms with van der Waals surface area (Å²) in [5.41, 5.74) is 5.59. The summed E-state index contributed by atoms with van der Waals surface area (Å²) in [7, 11) is 0. The second-order valence-corrected chi connectivity index (χ2v) is 4.06. The van der Waals surface area contributed by atoms with Crippen molar-refractivity contribution in [1.29, 1.82) is 0 Å². The van der Waals surface area contributed by atoms with Gasteiger partial charge in [-0.05, 0) is 19.3 Å². The van der Waals surface area contributed by atoms with Gasteiger partial charge in [-0.15, -0.1) is 0 Å². The first-order valence-corrected chi connectivity index (χ1v) is 5.79. The van der Waals surface area contributed by atoms with E-state index in [-0.39, 0.29) is 5.95 Å². The first-order valence-electron chi connectivity index (χ1n) is 5.79. The summed E-state index contributed by atoms with van der Waals surface area (Å²) in [6.07, 6.45) is 3.80. The molecule has 1 aliphatic carbocycles. The van der Waals surface area contributed by atoms with Crippen LogP contribution in [0.2, 0.25) is 0 Å². The Morgan fingerprint density at radius 3 is 3.00 bits per heavy atom. The Kier molecular flexibility index (Phi) is 3.44. The number of hydrogen-bond acceptors (Lipinski definition) is 5. The van der Waals surface area contributed by atoms with Crippen molar-refractivity contribution >= 4 is 11.8 Å². The minimum Gasteiger partial charge on any atom is -0.477 e. The monoisotopic (exact) mass is 222 g/mol. The lowest BCUT2D eigenvalue weighted by Gasteiger charge is -2.08.